The molecule has 0 spiro atoms. The Bertz CT molecular complexity index is 313. The Balaban J connectivity index is 2.07. The van der Waals surface area contributed by atoms with Gasteiger partial charge in [0.05, 0.1) is 10.7 Å². The molecule has 1 aliphatic carbocycles. The molecule has 0 amide bonds. The van der Waals surface area contributed by atoms with Crippen LogP contribution in [0, 0.1) is 5.92 Å². The highest BCUT2D eigenvalue weighted by atomic mass is 32.1. The summed E-state index contributed by atoms with van der Waals surface area (Å²) in [6.07, 6.45) is 3.98. The minimum absolute atomic E-state index is 0.0400. The van der Waals surface area contributed by atoms with Crippen molar-refractivity contribution in [3.05, 3.63) is 16.1 Å². The fourth-order valence-corrected chi connectivity index (χ4v) is 2.49. The van der Waals surface area contributed by atoms with Gasteiger partial charge in [-0.3, -0.25) is 0 Å². The summed E-state index contributed by atoms with van der Waals surface area (Å²) >= 11 is 1.79. The first kappa shape index (κ1) is 10.1. The second-order valence-electron chi connectivity index (χ2n) is 4.86. The first-order chi connectivity index (χ1) is 6.62. The minimum atomic E-state index is 0.0400. The van der Waals surface area contributed by atoms with Crippen LogP contribution in [0.2, 0.25) is 0 Å². The summed E-state index contributed by atoms with van der Waals surface area (Å²) in [4.78, 5) is 4.67. The topological polar surface area (TPSA) is 38.9 Å². The number of hydrogen-bond acceptors (Lipinski definition) is 3. The molecule has 1 aliphatic rings. The van der Waals surface area contributed by atoms with Gasteiger partial charge in [-0.15, -0.1) is 11.3 Å². The second kappa shape index (κ2) is 3.63. The van der Waals surface area contributed by atoms with Crippen molar-refractivity contribution in [3.8, 4) is 0 Å². The van der Waals surface area contributed by atoms with Crippen LogP contribution < -0.4 is 5.73 Å². The summed E-state index contributed by atoms with van der Waals surface area (Å²) in [5.41, 5.74) is 6.93. The van der Waals surface area contributed by atoms with Crippen molar-refractivity contribution in [1.29, 1.82) is 0 Å². The molecule has 0 unspecified atom stereocenters. The normalized spacial score (nSPS) is 17.4. The Morgan fingerprint density at radius 2 is 2.29 bits per heavy atom. The van der Waals surface area contributed by atoms with Gasteiger partial charge >= 0.3 is 0 Å². The predicted molar refractivity (Wildman–Crippen MR) is 60.6 cm³/mol. The molecule has 1 heterocycles. The van der Waals surface area contributed by atoms with E-state index in [1.165, 1.54) is 30.0 Å². The molecule has 3 heteroatoms. The smallest absolute Gasteiger partial charge is 0.0931 e. The third-order valence-electron chi connectivity index (χ3n) is 2.92. The maximum atomic E-state index is 5.73. The summed E-state index contributed by atoms with van der Waals surface area (Å²) < 4.78 is 0. The number of nitrogens with zero attached hydrogens (tertiary/aromatic N) is 1. The van der Waals surface area contributed by atoms with Crippen LogP contribution in [0.15, 0.2) is 5.38 Å². The maximum Gasteiger partial charge on any atom is 0.0931 e. The van der Waals surface area contributed by atoms with Gasteiger partial charge in [0, 0.05) is 23.8 Å². The van der Waals surface area contributed by atoms with Gasteiger partial charge in [-0.25, -0.2) is 4.98 Å². The Morgan fingerprint density at radius 3 is 2.86 bits per heavy atom. The number of nitrogens with two attached hydrogens (primary N) is 1. The van der Waals surface area contributed by atoms with Gasteiger partial charge in [0.1, 0.15) is 0 Å². The lowest BCUT2D eigenvalue weighted by atomic mass is 9.90. The van der Waals surface area contributed by atoms with Gasteiger partial charge in [-0.2, -0.15) is 0 Å². The van der Waals surface area contributed by atoms with Gasteiger partial charge in [0.15, 0.2) is 0 Å². The van der Waals surface area contributed by atoms with E-state index in [1.54, 1.807) is 11.3 Å². The molecule has 14 heavy (non-hydrogen) atoms. The van der Waals surface area contributed by atoms with Crippen LogP contribution in [0.5, 0.6) is 0 Å². The van der Waals surface area contributed by atoms with Gasteiger partial charge in [0.25, 0.3) is 0 Å². The highest BCUT2D eigenvalue weighted by Crippen LogP contribution is 2.34. The molecule has 0 bridgehead atoms. The molecule has 78 valence electrons. The quantitative estimate of drug-likeness (QED) is 0.828. The average Bonchev–Trinajstić information content (AvgIpc) is 2.81. The van der Waals surface area contributed by atoms with Crippen LogP contribution in [0.3, 0.4) is 0 Å². The standard InChI is InChI=1S/C11H18N2S/c1-11(2,7-12)9-6-14-10(13-9)5-8-3-4-8/h6,8H,3-5,7,12H2,1-2H3. The maximum absolute atomic E-state index is 5.73. The minimum Gasteiger partial charge on any atom is -0.330 e. The van der Waals surface area contributed by atoms with Crippen molar-refractivity contribution in [2.24, 2.45) is 11.7 Å². The van der Waals surface area contributed by atoms with E-state index >= 15 is 0 Å². The number of aromatic nitrogens is 1. The van der Waals surface area contributed by atoms with Crippen LogP contribution in [0.25, 0.3) is 0 Å². The summed E-state index contributed by atoms with van der Waals surface area (Å²) in [6.45, 7) is 4.98. The van der Waals surface area contributed by atoms with Crippen LogP contribution in [-0.4, -0.2) is 11.5 Å². The summed E-state index contributed by atoms with van der Waals surface area (Å²) in [5.74, 6) is 0.926. The largest absolute Gasteiger partial charge is 0.330 e. The fraction of sp³-hybridized carbons (Fsp3) is 0.727. The van der Waals surface area contributed by atoms with E-state index in [1.807, 2.05) is 0 Å². The molecule has 1 fully saturated rings. The van der Waals surface area contributed by atoms with Crippen molar-refractivity contribution in [3.63, 3.8) is 0 Å². The number of rotatable bonds is 4. The zero-order chi connectivity index (χ0) is 10.2. The van der Waals surface area contributed by atoms with E-state index in [0.717, 1.165) is 5.92 Å². The van der Waals surface area contributed by atoms with Crippen LogP contribution in [0.1, 0.15) is 37.4 Å². The van der Waals surface area contributed by atoms with Crippen molar-refractivity contribution >= 4 is 11.3 Å². The van der Waals surface area contributed by atoms with Crippen molar-refractivity contribution in [2.45, 2.75) is 38.5 Å². The molecule has 1 aromatic rings. The van der Waals surface area contributed by atoms with Crippen molar-refractivity contribution in [2.75, 3.05) is 6.54 Å². The van der Waals surface area contributed by atoms with Gasteiger partial charge in [-0.1, -0.05) is 13.8 Å². The van der Waals surface area contributed by atoms with Crippen molar-refractivity contribution < 1.29 is 0 Å². The first-order valence-corrected chi connectivity index (χ1v) is 6.15. The Kier molecular flexibility index (Phi) is 2.62. The second-order valence-corrected chi connectivity index (χ2v) is 5.80. The third-order valence-corrected chi connectivity index (χ3v) is 3.79. The number of thiazole rings is 1. The van der Waals surface area contributed by atoms with E-state index < -0.39 is 0 Å². The zero-order valence-electron chi connectivity index (χ0n) is 8.92. The summed E-state index contributed by atoms with van der Waals surface area (Å²) in [6, 6.07) is 0. The lowest BCUT2D eigenvalue weighted by Gasteiger charge is -2.19. The molecule has 0 atom stereocenters. The summed E-state index contributed by atoms with van der Waals surface area (Å²) in [7, 11) is 0. The monoisotopic (exact) mass is 210 g/mol. The van der Waals surface area contributed by atoms with E-state index in [-0.39, 0.29) is 5.41 Å². The molecular formula is C11H18N2S. The van der Waals surface area contributed by atoms with Gasteiger partial charge < -0.3 is 5.73 Å². The molecule has 0 aliphatic heterocycles. The van der Waals surface area contributed by atoms with Crippen LogP contribution >= 0.6 is 11.3 Å². The van der Waals surface area contributed by atoms with Crippen LogP contribution in [0.4, 0.5) is 0 Å². The van der Waals surface area contributed by atoms with E-state index in [9.17, 15) is 0 Å². The van der Waals surface area contributed by atoms with E-state index in [0.29, 0.717) is 6.54 Å². The van der Waals surface area contributed by atoms with Gasteiger partial charge in [0.2, 0.25) is 0 Å². The molecule has 2 N–H and O–H groups in total. The average molecular weight is 210 g/mol. The Morgan fingerprint density at radius 1 is 1.57 bits per heavy atom. The molecule has 1 aromatic heterocycles. The van der Waals surface area contributed by atoms with Crippen molar-refractivity contribution in [1.82, 2.24) is 4.98 Å². The number of hydrogen-bond donors (Lipinski definition) is 1. The van der Waals surface area contributed by atoms with Crippen LogP contribution in [-0.2, 0) is 11.8 Å². The molecule has 0 saturated heterocycles. The zero-order valence-corrected chi connectivity index (χ0v) is 9.73. The highest BCUT2D eigenvalue weighted by molar-refractivity contribution is 7.09. The molecule has 2 rings (SSSR count). The first-order valence-electron chi connectivity index (χ1n) is 5.27. The molecule has 2 nitrogen and oxygen atoms in total. The van der Waals surface area contributed by atoms with E-state index in [2.05, 4.69) is 24.2 Å². The SMILES string of the molecule is CC(C)(CN)c1csc(CC2CC2)n1. The fourth-order valence-electron chi connectivity index (χ4n) is 1.39. The molecular weight excluding hydrogens is 192 g/mol. The lowest BCUT2D eigenvalue weighted by Crippen LogP contribution is -2.28. The molecule has 0 aromatic carbocycles. The summed E-state index contributed by atoms with van der Waals surface area (Å²) in [5, 5.41) is 3.47. The van der Waals surface area contributed by atoms with Gasteiger partial charge in [-0.05, 0) is 18.8 Å². The predicted octanol–water partition coefficient (Wildman–Crippen LogP) is 2.33. The molecule has 1 saturated carbocycles. The Labute approximate surface area is 89.5 Å². The Hall–Kier alpha value is -0.410. The lowest BCUT2D eigenvalue weighted by molar-refractivity contribution is 0.523. The third kappa shape index (κ3) is 2.15. The molecule has 0 radical (unpaired) electrons. The van der Waals surface area contributed by atoms with E-state index in [4.69, 9.17) is 5.73 Å². The highest BCUT2D eigenvalue weighted by Gasteiger charge is 2.25.